The van der Waals surface area contributed by atoms with Crippen LogP contribution in [0.15, 0.2) is 59.5 Å². The molecule has 0 aliphatic rings. The Morgan fingerprint density at radius 3 is 2.36 bits per heavy atom. The van der Waals surface area contributed by atoms with Crippen molar-refractivity contribution in [2.45, 2.75) is 24.0 Å². The molecule has 9 heteroatoms. The molecule has 2 aromatic carbocycles. The second-order valence-electron chi connectivity index (χ2n) is 6.14. The smallest absolute Gasteiger partial charge is 0.320 e. The number of aliphatic hydroxyl groups is 1. The van der Waals surface area contributed by atoms with Gasteiger partial charge in [-0.2, -0.15) is 0 Å². The van der Waals surface area contributed by atoms with Gasteiger partial charge in [0.15, 0.2) is 0 Å². The van der Waals surface area contributed by atoms with E-state index in [4.69, 9.17) is 9.84 Å². The van der Waals surface area contributed by atoms with Crippen LogP contribution in [0, 0.1) is 0 Å². The molecular formula is C19H24N2O6S. The van der Waals surface area contributed by atoms with Crippen molar-refractivity contribution >= 4 is 21.7 Å². The van der Waals surface area contributed by atoms with Crippen LogP contribution < -0.4 is 14.4 Å². The van der Waals surface area contributed by atoms with Gasteiger partial charge in [-0.3, -0.25) is 9.10 Å². The number of benzene rings is 2. The minimum atomic E-state index is -3.99. The molecule has 0 spiro atoms. The van der Waals surface area contributed by atoms with E-state index in [2.05, 4.69) is 5.32 Å². The Labute approximate surface area is 164 Å². The summed E-state index contributed by atoms with van der Waals surface area (Å²) in [5, 5.41) is 22.0. The van der Waals surface area contributed by atoms with E-state index < -0.39 is 28.1 Å². The topological polar surface area (TPSA) is 116 Å². The normalized spacial score (nSPS) is 13.5. The molecule has 2 atom stereocenters. The van der Waals surface area contributed by atoms with Crippen molar-refractivity contribution in [3.8, 4) is 5.75 Å². The van der Waals surface area contributed by atoms with Crippen LogP contribution in [0.2, 0.25) is 0 Å². The lowest BCUT2D eigenvalue weighted by Gasteiger charge is -2.28. The summed E-state index contributed by atoms with van der Waals surface area (Å²) >= 11 is 0. The lowest BCUT2D eigenvalue weighted by Crippen LogP contribution is -2.45. The summed E-state index contributed by atoms with van der Waals surface area (Å²) in [6.45, 7) is 1.06. The molecule has 0 saturated heterocycles. The van der Waals surface area contributed by atoms with Crippen molar-refractivity contribution in [3.05, 3.63) is 54.6 Å². The molecule has 28 heavy (non-hydrogen) atoms. The van der Waals surface area contributed by atoms with Gasteiger partial charge in [0.25, 0.3) is 10.0 Å². The number of ether oxygens (including phenoxy) is 1. The molecule has 0 aromatic heterocycles. The largest absolute Gasteiger partial charge is 0.495 e. The number of carbonyl (C=O) groups is 1. The van der Waals surface area contributed by atoms with E-state index in [1.165, 1.54) is 26.2 Å². The number of rotatable bonds is 10. The van der Waals surface area contributed by atoms with Crippen molar-refractivity contribution in [1.29, 1.82) is 0 Å². The van der Waals surface area contributed by atoms with Crippen LogP contribution in [0.4, 0.5) is 5.69 Å². The highest BCUT2D eigenvalue weighted by Gasteiger charge is 2.29. The van der Waals surface area contributed by atoms with Crippen molar-refractivity contribution in [2.24, 2.45) is 0 Å². The van der Waals surface area contributed by atoms with E-state index in [1.807, 2.05) is 0 Å². The van der Waals surface area contributed by atoms with E-state index in [-0.39, 0.29) is 23.7 Å². The first-order valence-corrected chi connectivity index (χ1v) is 10.1. The molecule has 2 rings (SSSR count). The molecular weight excluding hydrogens is 384 g/mol. The first-order chi connectivity index (χ1) is 13.3. The van der Waals surface area contributed by atoms with Crippen LogP contribution in [-0.2, 0) is 14.8 Å². The molecule has 3 N–H and O–H groups in total. The highest BCUT2D eigenvalue weighted by atomic mass is 32.2. The number of nitrogens with zero attached hydrogens (tertiary/aromatic N) is 1. The van der Waals surface area contributed by atoms with Gasteiger partial charge in [0.05, 0.1) is 30.3 Å². The molecule has 0 bridgehead atoms. The predicted molar refractivity (Wildman–Crippen MR) is 105 cm³/mol. The highest BCUT2D eigenvalue weighted by Crippen LogP contribution is 2.32. The number of nitrogens with one attached hydrogen (secondary N) is 1. The summed E-state index contributed by atoms with van der Waals surface area (Å²) in [6.07, 6.45) is -1.15. The monoisotopic (exact) mass is 408 g/mol. The molecule has 152 valence electrons. The summed E-state index contributed by atoms with van der Waals surface area (Å²) in [7, 11) is -2.56. The SMILES string of the molecule is COc1ccccc1N(C[C@@H](O)CN[C@H](C)C(=O)O)S(=O)(=O)c1ccccc1. The summed E-state index contributed by atoms with van der Waals surface area (Å²) in [4.78, 5) is 11.0. The number of aliphatic carboxylic acids is 1. The van der Waals surface area contributed by atoms with Gasteiger partial charge in [-0.15, -0.1) is 0 Å². The third kappa shape index (κ3) is 5.22. The van der Waals surface area contributed by atoms with E-state index in [1.54, 1.807) is 42.5 Å². The zero-order chi connectivity index (χ0) is 20.7. The van der Waals surface area contributed by atoms with Gasteiger partial charge in [0, 0.05) is 6.54 Å². The standard InChI is InChI=1S/C19H24N2O6S/c1-14(19(23)24)20-12-15(22)13-21(17-10-6-7-11-18(17)27-2)28(25,26)16-8-4-3-5-9-16/h3-11,14-15,20,22H,12-13H2,1-2H3,(H,23,24)/t14-,15+/m1/s1. The van der Waals surface area contributed by atoms with E-state index >= 15 is 0 Å². The lowest BCUT2D eigenvalue weighted by molar-refractivity contribution is -0.139. The lowest BCUT2D eigenvalue weighted by atomic mass is 10.2. The Bertz CT molecular complexity index is 888. The number of carboxylic acid groups (broad SMARTS) is 1. The van der Waals surface area contributed by atoms with Crippen molar-refractivity contribution in [3.63, 3.8) is 0 Å². The number of sulfonamides is 1. The average Bonchev–Trinajstić information content (AvgIpc) is 2.70. The Hall–Kier alpha value is -2.62. The van der Waals surface area contributed by atoms with Crippen LogP contribution in [0.1, 0.15) is 6.92 Å². The molecule has 0 unspecified atom stereocenters. The Morgan fingerprint density at radius 2 is 1.75 bits per heavy atom. The fraction of sp³-hybridized carbons (Fsp3) is 0.316. The Kier molecular flexibility index (Phi) is 7.38. The van der Waals surface area contributed by atoms with Gasteiger partial charge in [0.1, 0.15) is 11.8 Å². The molecule has 8 nitrogen and oxygen atoms in total. The van der Waals surface area contributed by atoms with E-state index in [0.717, 1.165) is 4.31 Å². The maximum atomic E-state index is 13.2. The quantitative estimate of drug-likeness (QED) is 0.543. The fourth-order valence-electron chi connectivity index (χ4n) is 2.54. The first kappa shape index (κ1) is 21.7. The van der Waals surface area contributed by atoms with E-state index in [9.17, 15) is 18.3 Å². The molecule has 0 heterocycles. The molecule has 0 amide bonds. The minimum Gasteiger partial charge on any atom is -0.495 e. The average molecular weight is 408 g/mol. The summed E-state index contributed by atoms with van der Waals surface area (Å²) in [5.74, 6) is -0.730. The molecule has 0 saturated carbocycles. The van der Waals surface area contributed by atoms with Gasteiger partial charge < -0.3 is 20.3 Å². The number of para-hydroxylation sites is 2. The maximum absolute atomic E-state index is 13.2. The van der Waals surface area contributed by atoms with Crippen molar-refractivity contribution in [2.75, 3.05) is 24.5 Å². The number of aliphatic hydroxyl groups excluding tert-OH is 1. The molecule has 0 aliphatic carbocycles. The zero-order valence-electron chi connectivity index (χ0n) is 15.6. The number of methoxy groups -OCH3 is 1. The summed E-state index contributed by atoms with van der Waals surface area (Å²) < 4.78 is 32.8. The Morgan fingerprint density at radius 1 is 1.14 bits per heavy atom. The van der Waals surface area contributed by atoms with Gasteiger partial charge >= 0.3 is 5.97 Å². The van der Waals surface area contributed by atoms with Crippen LogP contribution in [-0.4, -0.2) is 56.9 Å². The number of hydrogen-bond donors (Lipinski definition) is 3. The molecule has 2 aromatic rings. The van der Waals surface area contributed by atoms with Crippen LogP contribution in [0.25, 0.3) is 0 Å². The number of anilines is 1. The van der Waals surface area contributed by atoms with Crippen LogP contribution >= 0.6 is 0 Å². The third-order valence-corrected chi connectivity index (χ3v) is 5.89. The van der Waals surface area contributed by atoms with Gasteiger partial charge in [-0.05, 0) is 31.2 Å². The molecule has 0 aliphatic heterocycles. The molecule has 0 radical (unpaired) electrons. The van der Waals surface area contributed by atoms with Crippen molar-refractivity contribution < 1.29 is 28.2 Å². The third-order valence-electron chi connectivity index (χ3n) is 4.09. The highest BCUT2D eigenvalue weighted by molar-refractivity contribution is 7.92. The summed E-state index contributed by atoms with van der Waals surface area (Å²) in [5.41, 5.74) is 0.277. The first-order valence-electron chi connectivity index (χ1n) is 8.62. The molecule has 0 fully saturated rings. The predicted octanol–water partition coefficient (Wildman–Crippen LogP) is 1.31. The zero-order valence-corrected chi connectivity index (χ0v) is 16.5. The maximum Gasteiger partial charge on any atom is 0.320 e. The van der Waals surface area contributed by atoms with Gasteiger partial charge in [0.2, 0.25) is 0 Å². The fourth-order valence-corrected chi connectivity index (χ4v) is 4.07. The Balaban J connectivity index is 2.36. The van der Waals surface area contributed by atoms with Gasteiger partial charge in [-0.1, -0.05) is 30.3 Å². The second kappa shape index (κ2) is 9.54. The van der Waals surface area contributed by atoms with Crippen LogP contribution in [0.3, 0.4) is 0 Å². The minimum absolute atomic E-state index is 0.0694. The number of hydrogen-bond acceptors (Lipinski definition) is 6. The summed E-state index contributed by atoms with van der Waals surface area (Å²) in [6, 6.07) is 13.6. The number of carboxylic acids is 1. The van der Waals surface area contributed by atoms with Gasteiger partial charge in [-0.25, -0.2) is 8.42 Å². The van der Waals surface area contributed by atoms with E-state index in [0.29, 0.717) is 5.75 Å². The van der Waals surface area contributed by atoms with Crippen LogP contribution in [0.5, 0.6) is 5.75 Å². The van der Waals surface area contributed by atoms with Crippen molar-refractivity contribution in [1.82, 2.24) is 5.32 Å². The second-order valence-corrected chi connectivity index (χ2v) is 8.01.